The molecule has 20 nitrogen and oxygen atoms in total. The van der Waals surface area contributed by atoms with E-state index in [-0.39, 0.29) is 54.4 Å². The van der Waals surface area contributed by atoms with Crippen molar-refractivity contribution < 1.29 is 42.2 Å². The van der Waals surface area contributed by atoms with Crippen molar-refractivity contribution in [2.24, 2.45) is 17.8 Å². The molecule has 0 saturated carbocycles. The molecule has 2 aliphatic rings. The number of aldehydes is 1. The number of nitrogens with two attached hydrogens (primary N) is 2. The highest BCUT2D eigenvalue weighted by Crippen LogP contribution is 2.52. The lowest BCUT2D eigenvalue weighted by Gasteiger charge is -2.25. The molecule has 248 valence electrons. The van der Waals surface area contributed by atoms with Gasteiger partial charge in [0.15, 0.2) is 31.7 Å². The van der Waals surface area contributed by atoms with Crippen LogP contribution in [0.15, 0.2) is 23.8 Å². The molecule has 2 fully saturated rings. The highest BCUT2D eigenvalue weighted by atomic mass is 31.2. The van der Waals surface area contributed by atoms with Crippen molar-refractivity contribution in [1.82, 2.24) is 39.0 Å². The molecule has 46 heavy (non-hydrogen) atoms. The van der Waals surface area contributed by atoms with Gasteiger partial charge >= 0.3 is 7.82 Å². The van der Waals surface area contributed by atoms with Crippen LogP contribution in [-0.2, 0) is 32.4 Å². The normalized spacial score (nSPS) is 29.7. The van der Waals surface area contributed by atoms with Crippen molar-refractivity contribution in [1.29, 1.82) is 0 Å². The van der Waals surface area contributed by atoms with Crippen LogP contribution >= 0.6 is 16.9 Å². The summed E-state index contributed by atoms with van der Waals surface area (Å²) >= 11 is 0. The first-order valence-corrected chi connectivity index (χ1v) is 16.4. The summed E-state index contributed by atoms with van der Waals surface area (Å²) in [6, 6.07) is 0. The summed E-state index contributed by atoms with van der Waals surface area (Å²) in [5, 5.41) is 0. The van der Waals surface area contributed by atoms with E-state index in [0.29, 0.717) is 11.2 Å². The lowest BCUT2D eigenvalue weighted by molar-refractivity contribution is -0.109. The molecule has 0 radical (unpaired) electrons. The monoisotopic (exact) mass is 682 g/mol. The Morgan fingerprint density at radius 1 is 1.04 bits per heavy atom. The van der Waals surface area contributed by atoms with Crippen molar-refractivity contribution in [3.8, 4) is 0 Å². The van der Waals surface area contributed by atoms with Gasteiger partial charge in [0.2, 0.25) is 5.95 Å². The van der Waals surface area contributed by atoms with Crippen LogP contribution in [-0.4, -0.2) is 86.6 Å². The van der Waals surface area contributed by atoms with Crippen LogP contribution in [0.25, 0.3) is 22.3 Å². The topological polar surface area (TPSA) is 280 Å². The molecule has 6 heterocycles. The first-order valence-electron chi connectivity index (χ1n) is 14.1. The summed E-state index contributed by atoms with van der Waals surface area (Å²) in [7, 11) is -5.65. The van der Waals surface area contributed by atoms with Crippen LogP contribution in [0.4, 0.5) is 11.8 Å². The van der Waals surface area contributed by atoms with E-state index in [2.05, 4.69) is 29.9 Å². The number of fused-ring (bicyclic) bond motifs is 2. The van der Waals surface area contributed by atoms with Crippen molar-refractivity contribution in [3.63, 3.8) is 0 Å². The molecule has 2 saturated heterocycles. The molecule has 2 aliphatic heterocycles. The predicted octanol–water partition coefficient (Wildman–Crippen LogP) is 0.416. The SMILES string of the molecule is CC1[C@@H](CC=O)[C@H](n2cnc3c(N)ncnc32)O[C@@H]1COP(=O)(O)O[C@H]1C(C)[C@H](n2cnc3c(=O)[nH]c(N)nc32)O[C@@H]1COPO. The van der Waals surface area contributed by atoms with Gasteiger partial charge in [-0.3, -0.25) is 28.0 Å². The summed E-state index contributed by atoms with van der Waals surface area (Å²) in [6.45, 7) is 3.00. The molecule has 4 unspecified atom stereocenters. The van der Waals surface area contributed by atoms with E-state index < -0.39 is 59.1 Å². The van der Waals surface area contributed by atoms with E-state index in [1.54, 1.807) is 11.5 Å². The average Bonchev–Trinajstić information content (AvgIpc) is 3.77. The second-order valence-corrected chi connectivity index (χ2v) is 12.9. The highest BCUT2D eigenvalue weighted by Gasteiger charge is 2.49. The number of hydrogen-bond acceptors (Lipinski definition) is 16. The molecule has 22 heteroatoms. The molecule has 4 aromatic heterocycles. The Bertz CT molecular complexity index is 1840. The summed E-state index contributed by atoms with van der Waals surface area (Å²) < 4.78 is 45.0. The zero-order valence-corrected chi connectivity index (χ0v) is 26.3. The molecule has 0 amide bonds. The minimum atomic E-state index is -4.77. The Kier molecular flexibility index (Phi) is 9.17. The summed E-state index contributed by atoms with van der Waals surface area (Å²) in [6.07, 6.45) is 0.736. The Labute approximate surface area is 261 Å². The number of nitrogens with one attached hydrogen (secondary N) is 1. The van der Waals surface area contributed by atoms with Gasteiger partial charge in [0.05, 0.1) is 32.0 Å². The molecule has 7 N–H and O–H groups in total. The molecular weight excluding hydrogens is 650 g/mol. The number of imidazole rings is 2. The number of anilines is 2. The number of carbonyl (C=O) groups excluding carboxylic acids is 1. The fraction of sp³-hybridized carbons (Fsp3) is 0.542. The first-order chi connectivity index (χ1) is 22.0. The minimum absolute atomic E-state index is 0.0200. The van der Waals surface area contributed by atoms with Gasteiger partial charge in [0, 0.05) is 18.3 Å². The number of phosphoric ester groups is 1. The molecule has 0 spiro atoms. The predicted molar refractivity (Wildman–Crippen MR) is 160 cm³/mol. The average molecular weight is 683 g/mol. The molecular formula is C24H32N10O10P2. The van der Waals surface area contributed by atoms with Gasteiger partial charge in [-0.25, -0.2) is 24.5 Å². The summed E-state index contributed by atoms with van der Waals surface area (Å²) in [4.78, 5) is 67.1. The van der Waals surface area contributed by atoms with Gasteiger partial charge in [0.1, 0.15) is 42.8 Å². The molecule has 0 bridgehead atoms. The van der Waals surface area contributed by atoms with E-state index in [1.807, 2.05) is 6.92 Å². The number of rotatable bonds is 12. The Morgan fingerprint density at radius 3 is 2.50 bits per heavy atom. The number of phosphoric acid groups is 1. The van der Waals surface area contributed by atoms with Gasteiger partial charge in [-0.2, -0.15) is 4.98 Å². The van der Waals surface area contributed by atoms with Gasteiger partial charge < -0.3 is 40.0 Å². The maximum Gasteiger partial charge on any atom is 0.472 e. The second kappa shape index (κ2) is 13.0. The smallest absolute Gasteiger partial charge is 0.382 e. The molecule has 0 aromatic carbocycles. The Morgan fingerprint density at radius 2 is 1.76 bits per heavy atom. The number of aromatic nitrogens is 8. The van der Waals surface area contributed by atoms with Gasteiger partial charge in [0.25, 0.3) is 5.56 Å². The van der Waals surface area contributed by atoms with Gasteiger partial charge in [-0.1, -0.05) is 13.8 Å². The number of carbonyl (C=O) groups is 1. The number of aromatic amines is 1. The van der Waals surface area contributed by atoms with Crippen LogP contribution in [0.1, 0.15) is 32.7 Å². The second-order valence-electron chi connectivity index (χ2n) is 11.0. The van der Waals surface area contributed by atoms with Crippen molar-refractivity contribution >= 4 is 57.2 Å². The van der Waals surface area contributed by atoms with Crippen molar-refractivity contribution in [2.75, 3.05) is 24.7 Å². The fourth-order valence-corrected chi connectivity index (χ4v) is 7.27. The number of nitrogen functional groups attached to an aromatic ring is 2. The minimum Gasteiger partial charge on any atom is -0.382 e. The van der Waals surface area contributed by atoms with E-state index in [4.69, 9.17) is 34.5 Å². The highest BCUT2D eigenvalue weighted by molar-refractivity contribution is 7.47. The lowest BCUT2D eigenvalue weighted by atomic mass is 9.89. The van der Waals surface area contributed by atoms with Gasteiger partial charge in [-0.05, 0) is 5.92 Å². The zero-order valence-electron chi connectivity index (χ0n) is 24.4. The number of nitrogens with zero attached hydrogens (tertiary/aromatic N) is 7. The van der Waals surface area contributed by atoms with Gasteiger partial charge in [-0.15, -0.1) is 0 Å². The maximum atomic E-state index is 13.3. The summed E-state index contributed by atoms with van der Waals surface area (Å²) in [5.74, 6) is -1.22. The number of H-pyrrole nitrogens is 1. The molecule has 4 aromatic rings. The van der Waals surface area contributed by atoms with Crippen LogP contribution in [0, 0.1) is 17.8 Å². The van der Waals surface area contributed by atoms with E-state index in [1.165, 1.54) is 23.5 Å². The summed E-state index contributed by atoms with van der Waals surface area (Å²) in [5.41, 5.74) is 12.0. The largest absolute Gasteiger partial charge is 0.472 e. The molecule has 6 rings (SSSR count). The van der Waals surface area contributed by atoms with Crippen molar-refractivity contribution in [3.05, 3.63) is 29.3 Å². The van der Waals surface area contributed by atoms with Crippen LogP contribution in [0.3, 0.4) is 0 Å². The zero-order chi connectivity index (χ0) is 32.7. The van der Waals surface area contributed by atoms with Crippen LogP contribution in [0.2, 0.25) is 0 Å². The fourth-order valence-electron chi connectivity index (χ4n) is 6.00. The quantitative estimate of drug-likeness (QED) is 0.0999. The third-order valence-corrected chi connectivity index (χ3v) is 9.60. The number of ether oxygens (including phenoxy) is 2. The van der Waals surface area contributed by atoms with E-state index in [0.717, 1.165) is 6.29 Å². The lowest BCUT2D eigenvalue weighted by Crippen LogP contribution is -2.32. The number of hydrogen-bond donors (Lipinski definition) is 5. The van der Waals surface area contributed by atoms with E-state index in [9.17, 15) is 23.9 Å². The third kappa shape index (κ3) is 6.03. The molecule has 10 atom stereocenters. The Hall–Kier alpha value is -3.45. The van der Waals surface area contributed by atoms with Crippen molar-refractivity contribution in [2.45, 2.75) is 51.0 Å². The maximum absolute atomic E-state index is 13.3. The van der Waals surface area contributed by atoms with Crippen LogP contribution in [0.5, 0.6) is 0 Å². The Balaban J connectivity index is 1.18. The third-order valence-electron chi connectivity index (χ3n) is 8.31. The first kappa shape index (κ1) is 32.5. The van der Waals surface area contributed by atoms with Crippen LogP contribution < -0.4 is 17.0 Å². The molecule has 0 aliphatic carbocycles. The standard InChI is InChI=1S/C24H32N10O10P2/c1-10-12(3-4-35)23(33-8-29-15-18(25)27-7-28-19(15)33)42-13(10)6-41-46(38,39)44-17-11(2)22(43-14(17)5-40-45-37)34-9-30-16-20(34)31-24(26)32-21(16)36/h4,7-14,17,22-23,37,45H,3,5-6H2,1-2H3,(H,38,39)(H2,25,27,28)(H3,26,31,32,36)/t10?,11?,12-,13-,14-,17+,22-,23-/m1/s1. The van der Waals surface area contributed by atoms with E-state index >= 15 is 0 Å².